The van der Waals surface area contributed by atoms with Gasteiger partial charge in [-0.15, -0.1) is 0 Å². The van der Waals surface area contributed by atoms with Crippen LogP contribution in [0.3, 0.4) is 0 Å². The van der Waals surface area contributed by atoms with Gasteiger partial charge >= 0.3 is 11.9 Å². The van der Waals surface area contributed by atoms with Gasteiger partial charge in [0, 0.05) is 11.1 Å². The third-order valence-corrected chi connectivity index (χ3v) is 2.45. The second kappa shape index (κ2) is 11.9. The average molecular weight is 314 g/mol. The van der Waals surface area contributed by atoms with Crippen molar-refractivity contribution in [3.63, 3.8) is 0 Å². The normalized spacial score (nSPS) is 11.6. The van der Waals surface area contributed by atoms with Gasteiger partial charge in [0.05, 0.1) is 13.2 Å². The van der Waals surface area contributed by atoms with Gasteiger partial charge in [0.25, 0.3) is 0 Å². The van der Waals surface area contributed by atoms with Crippen molar-refractivity contribution in [2.45, 2.75) is 39.9 Å². The van der Waals surface area contributed by atoms with E-state index in [9.17, 15) is 9.59 Å². The molecule has 0 aromatic heterocycles. The molecule has 0 saturated heterocycles. The van der Waals surface area contributed by atoms with Crippen LogP contribution >= 0.6 is 0 Å². The Bertz CT molecular complexity index is 388. The van der Waals surface area contributed by atoms with Crippen LogP contribution in [0.15, 0.2) is 24.3 Å². The third-order valence-electron chi connectivity index (χ3n) is 2.45. The van der Waals surface area contributed by atoms with Crippen molar-refractivity contribution < 1.29 is 28.5 Å². The van der Waals surface area contributed by atoms with Gasteiger partial charge < -0.3 is 18.9 Å². The Morgan fingerprint density at radius 3 is 2.18 bits per heavy atom. The molecule has 0 aliphatic rings. The summed E-state index contributed by atoms with van der Waals surface area (Å²) in [5.74, 6) is -0.994. The molecule has 1 unspecified atom stereocenters. The number of carbonyl (C=O) groups is 2. The van der Waals surface area contributed by atoms with Gasteiger partial charge in [-0.1, -0.05) is 26.5 Å². The molecule has 1 atom stereocenters. The number of esters is 2. The van der Waals surface area contributed by atoms with Crippen molar-refractivity contribution in [2.24, 2.45) is 0 Å². The quantitative estimate of drug-likeness (QED) is 0.238. The maximum atomic E-state index is 11.5. The van der Waals surface area contributed by atoms with E-state index in [2.05, 4.69) is 13.2 Å². The van der Waals surface area contributed by atoms with Crippen molar-refractivity contribution in [2.75, 3.05) is 26.4 Å². The molecule has 0 saturated carbocycles. The van der Waals surface area contributed by atoms with Crippen LogP contribution in [0, 0.1) is 0 Å². The minimum Gasteiger partial charge on any atom is -0.460 e. The molecule has 0 rings (SSSR count). The van der Waals surface area contributed by atoms with Gasteiger partial charge in [0.1, 0.15) is 13.2 Å². The van der Waals surface area contributed by atoms with Crippen molar-refractivity contribution in [1.82, 2.24) is 0 Å². The fourth-order valence-corrected chi connectivity index (χ4v) is 1.19. The Morgan fingerprint density at radius 1 is 1.00 bits per heavy atom. The lowest BCUT2D eigenvalue weighted by molar-refractivity contribution is -0.188. The minimum atomic E-state index is -0.799. The molecule has 0 bridgehead atoms. The lowest BCUT2D eigenvalue weighted by atomic mass is 10.3. The van der Waals surface area contributed by atoms with Gasteiger partial charge in [-0.2, -0.15) is 0 Å². The van der Waals surface area contributed by atoms with E-state index in [-0.39, 0.29) is 19.8 Å². The first-order chi connectivity index (χ1) is 10.4. The number of hydrogen-bond acceptors (Lipinski definition) is 6. The molecule has 0 aliphatic heterocycles. The molecular formula is C16H26O6. The topological polar surface area (TPSA) is 71.1 Å². The molecule has 0 N–H and O–H groups in total. The highest BCUT2D eigenvalue weighted by Crippen LogP contribution is 2.03. The van der Waals surface area contributed by atoms with Gasteiger partial charge in [0.2, 0.25) is 6.29 Å². The zero-order valence-corrected chi connectivity index (χ0v) is 13.7. The Morgan fingerprint density at radius 2 is 1.64 bits per heavy atom. The third kappa shape index (κ3) is 10.1. The van der Waals surface area contributed by atoms with Crippen LogP contribution in [0.5, 0.6) is 0 Å². The predicted molar refractivity (Wildman–Crippen MR) is 82.1 cm³/mol. The van der Waals surface area contributed by atoms with Gasteiger partial charge in [-0.25, -0.2) is 9.59 Å². The van der Waals surface area contributed by atoms with Crippen LogP contribution in [0.4, 0.5) is 0 Å². The molecule has 0 amide bonds. The zero-order valence-electron chi connectivity index (χ0n) is 13.7. The van der Waals surface area contributed by atoms with E-state index in [4.69, 9.17) is 18.9 Å². The monoisotopic (exact) mass is 314 g/mol. The summed E-state index contributed by atoms with van der Waals surface area (Å²) in [5, 5.41) is 0. The average Bonchev–Trinajstić information content (AvgIpc) is 2.46. The van der Waals surface area contributed by atoms with Crippen LogP contribution in [-0.2, 0) is 28.5 Å². The predicted octanol–water partition coefficient (Wildman–Crippen LogP) is 2.38. The molecule has 0 aliphatic carbocycles. The highest BCUT2D eigenvalue weighted by atomic mass is 16.7. The second-order valence-corrected chi connectivity index (χ2v) is 4.83. The first-order valence-electron chi connectivity index (χ1n) is 7.27. The summed E-state index contributed by atoms with van der Waals surface area (Å²) in [5.41, 5.74) is 0.621. The molecular weight excluding hydrogens is 288 g/mol. The molecule has 0 aromatic carbocycles. The molecule has 126 valence electrons. The maximum absolute atomic E-state index is 11.5. The van der Waals surface area contributed by atoms with Crippen molar-refractivity contribution in [3.05, 3.63) is 24.3 Å². The van der Waals surface area contributed by atoms with Crippen LogP contribution in [0.2, 0.25) is 0 Å². The Kier molecular flexibility index (Phi) is 11.0. The molecule has 0 aromatic rings. The van der Waals surface area contributed by atoms with E-state index in [0.29, 0.717) is 17.8 Å². The van der Waals surface area contributed by atoms with Crippen molar-refractivity contribution >= 4 is 11.9 Å². The number of ether oxygens (including phenoxy) is 4. The number of carbonyl (C=O) groups excluding carboxylic acids is 2. The SMILES string of the molecule is C=C(C)C(=O)OCCOCC(OCCCC)OC(=O)C(=C)C. The summed E-state index contributed by atoms with van der Waals surface area (Å²) < 4.78 is 20.7. The second-order valence-electron chi connectivity index (χ2n) is 4.83. The van der Waals surface area contributed by atoms with Gasteiger partial charge in [-0.05, 0) is 20.3 Å². The van der Waals surface area contributed by atoms with E-state index in [0.717, 1.165) is 12.8 Å². The summed E-state index contributed by atoms with van der Waals surface area (Å²) in [7, 11) is 0. The Hall–Kier alpha value is -1.66. The first kappa shape index (κ1) is 20.3. The van der Waals surface area contributed by atoms with E-state index >= 15 is 0 Å². The van der Waals surface area contributed by atoms with E-state index in [1.54, 1.807) is 13.8 Å². The number of rotatable bonds is 12. The summed E-state index contributed by atoms with van der Waals surface area (Å²) in [6.45, 7) is 13.0. The largest absolute Gasteiger partial charge is 0.460 e. The first-order valence-corrected chi connectivity index (χ1v) is 7.27. The van der Waals surface area contributed by atoms with Crippen LogP contribution in [0.25, 0.3) is 0 Å². The highest BCUT2D eigenvalue weighted by Gasteiger charge is 2.15. The molecule has 0 spiro atoms. The fourth-order valence-electron chi connectivity index (χ4n) is 1.19. The Labute approximate surface area is 132 Å². The summed E-state index contributed by atoms with van der Waals surface area (Å²) >= 11 is 0. The summed E-state index contributed by atoms with van der Waals surface area (Å²) in [4.78, 5) is 22.7. The zero-order chi connectivity index (χ0) is 17.0. The van der Waals surface area contributed by atoms with E-state index in [1.807, 2.05) is 6.92 Å². The summed E-state index contributed by atoms with van der Waals surface area (Å²) in [6, 6.07) is 0. The molecule has 0 heterocycles. The lowest BCUT2D eigenvalue weighted by Crippen LogP contribution is -2.28. The Balaban J connectivity index is 4.06. The van der Waals surface area contributed by atoms with Gasteiger partial charge in [0.15, 0.2) is 0 Å². The number of unbranched alkanes of at least 4 members (excludes halogenated alkanes) is 1. The van der Waals surface area contributed by atoms with Gasteiger partial charge in [-0.3, -0.25) is 0 Å². The minimum absolute atomic E-state index is 0.0629. The fraction of sp³-hybridized carbons (Fsp3) is 0.625. The van der Waals surface area contributed by atoms with Crippen LogP contribution in [0.1, 0.15) is 33.6 Å². The lowest BCUT2D eigenvalue weighted by Gasteiger charge is -2.18. The molecule has 0 radical (unpaired) electrons. The summed E-state index contributed by atoms with van der Waals surface area (Å²) in [6.07, 6.45) is 1.03. The van der Waals surface area contributed by atoms with E-state index < -0.39 is 18.2 Å². The maximum Gasteiger partial charge on any atom is 0.335 e. The van der Waals surface area contributed by atoms with Crippen molar-refractivity contribution in [3.8, 4) is 0 Å². The van der Waals surface area contributed by atoms with Crippen molar-refractivity contribution in [1.29, 1.82) is 0 Å². The molecule has 0 fully saturated rings. The highest BCUT2D eigenvalue weighted by molar-refractivity contribution is 5.87. The standard InChI is InChI=1S/C16H26O6/c1-6-7-8-20-14(22-16(18)13(4)5)11-19-9-10-21-15(17)12(2)3/h14H,2,4,6-11H2,1,3,5H3. The number of hydrogen-bond donors (Lipinski definition) is 0. The molecule has 22 heavy (non-hydrogen) atoms. The molecule has 6 heteroatoms. The van der Waals surface area contributed by atoms with Crippen LogP contribution in [-0.4, -0.2) is 44.7 Å². The van der Waals surface area contributed by atoms with Crippen LogP contribution < -0.4 is 0 Å². The van der Waals surface area contributed by atoms with E-state index in [1.165, 1.54) is 0 Å². The molecule has 6 nitrogen and oxygen atoms in total. The smallest absolute Gasteiger partial charge is 0.335 e.